The highest BCUT2D eigenvalue weighted by Crippen LogP contribution is 2.27. The molecule has 0 radical (unpaired) electrons. The molecule has 0 atom stereocenters. The van der Waals surface area contributed by atoms with Crippen LogP contribution in [0.2, 0.25) is 10.0 Å². The fourth-order valence-corrected chi connectivity index (χ4v) is 4.27. The second-order valence-corrected chi connectivity index (χ2v) is 8.39. The fourth-order valence-electron chi connectivity index (χ4n) is 1.57. The van der Waals surface area contributed by atoms with Crippen molar-refractivity contribution in [2.24, 2.45) is 0 Å². The minimum atomic E-state index is 0.0250. The molecule has 0 aliphatic heterocycles. The lowest BCUT2D eigenvalue weighted by molar-refractivity contribution is -0.127. The number of hydrogen-bond acceptors (Lipinski definition) is 6. The van der Waals surface area contributed by atoms with Gasteiger partial charge in [-0.15, -0.1) is 10.2 Å². The average molecular weight is 394 g/mol. The van der Waals surface area contributed by atoms with Gasteiger partial charge in [-0.3, -0.25) is 4.79 Å². The Kier molecular flexibility index (Phi) is 6.83. The molecule has 1 heterocycles. The van der Waals surface area contributed by atoms with Gasteiger partial charge in [0.05, 0.1) is 15.8 Å². The smallest absolute Gasteiger partial charge is 0.233 e. The van der Waals surface area contributed by atoms with Crippen molar-refractivity contribution >= 4 is 64.0 Å². The lowest BCUT2D eigenvalue weighted by Gasteiger charge is -2.17. The predicted molar refractivity (Wildman–Crippen MR) is 95.4 cm³/mol. The van der Waals surface area contributed by atoms with E-state index in [1.165, 1.54) is 23.1 Å². The number of carbonyl (C=O) groups is 1. The number of thioether (sulfide) groups is 2. The van der Waals surface area contributed by atoms with Gasteiger partial charge in [-0.25, -0.2) is 0 Å². The van der Waals surface area contributed by atoms with Crippen LogP contribution in [0.3, 0.4) is 0 Å². The summed E-state index contributed by atoms with van der Waals surface area (Å²) in [6, 6.07) is 5.37. The summed E-state index contributed by atoms with van der Waals surface area (Å²) in [6.45, 7) is 0.489. The maximum absolute atomic E-state index is 12.1. The van der Waals surface area contributed by atoms with Crippen LogP contribution in [0.4, 0.5) is 0 Å². The quantitative estimate of drug-likeness (QED) is 0.683. The van der Waals surface area contributed by atoms with E-state index in [0.29, 0.717) is 22.3 Å². The van der Waals surface area contributed by atoms with Crippen LogP contribution >= 0.6 is 58.1 Å². The van der Waals surface area contributed by atoms with E-state index in [1.807, 2.05) is 12.3 Å². The molecule has 0 saturated heterocycles. The molecule has 2 rings (SSSR count). The molecule has 9 heteroatoms. The Morgan fingerprint density at radius 1 is 1.27 bits per heavy atom. The summed E-state index contributed by atoms with van der Waals surface area (Å²) in [5.74, 6) is 0.359. The first-order chi connectivity index (χ1) is 10.5. The third kappa shape index (κ3) is 5.03. The van der Waals surface area contributed by atoms with Gasteiger partial charge in [0, 0.05) is 13.6 Å². The predicted octanol–water partition coefficient (Wildman–Crippen LogP) is 4.32. The summed E-state index contributed by atoms with van der Waals surface area (Å²) in [5, 5.41) is 9.04. The van der Waals surface area contributed by atoms with Gasteiger partial charge in [0.25, 0.3) is 0 Å². The van der Waals surface area contributed by atoms with Gasteiger partial charge >= 0.3 is 0 Å². The summed E-state index contributed by atoms with van der Waals surface area (Å²) in [4.78, 5) is 13.8. The van der Waals surface area contributed by atoms with Gasteiger partial charge in [-0.05, 0) is 24.0 Å². The minimum Gasteiger partial charge on any atom is -0.341 e. The molecule has 0 saturated carbocycles. The molecule has 22 heavy (non-hydrogen) atoms. The van der Waals surface area contributed by atoms with Gasteiger partial charge in [-0.2, -0.15) is 0 Å². The maximum atomic E-state index is 12.1. The van der Waals surface area contributed by atoms with E-state index < -0.39 is 0 Å². The molecule has 118 valence electrons. The summed E-state index contributed by atoms with van der Waals surface area (Å²) in [6.07, 6.45) is 1.95. The monoisotopic (exact) mass is 393 g/mol. The number of benzene rings is 1. The van der Waals surface area contributed by atoms with Gasteiger partial charge < -0.3 is 4.90 Å². The third-order valence-electron chi connectivity index (χ3n) is 2.71. The zero-order valence-corrected chi connectivity index (χ0v) is 15.8. The van der Waals surface area contributed by atoms with E-state index in [0.717, 1.165) is 14.2 Å². The van der Waals surface area contributed by atoms with Crippen LogP contribution in [-0.2, 0) is 11.3 Å². The zero-order valence-electron chi connectivity index (χ0n) is 11.9. The Bertz CT molecular complexity index is 666. The van der Waals surface area contributed by atoms with E-state index in [4.69, 9.17) is 23.2 Å². The molecule has 1 aromatic heterocycles. The Morgan fingerprint density at radius 2 is 2.00 bits per heavy atom. The van der Waals surface area contributed by atoms with Crippen molar-refractivity contribution in [2.75, 3.05) is 19.1 Å². The first-order valence-corrected chi connectivity index (χ1v) is 9.96. The van der Waals surface area contributed by atoms with Gasteiger partial charge in [-0.1, -0.05) is 64.1 Å². The summed E-state index contributed by atoms with van der Waals surface area (Å²) < 4.78 is 1.71. The molecule has 0 aliphatic rings. The number of rotatable bonds is 6. The zero-order chi connectivity index (χ0) is 16.1. The van der Waals surface area contributed by atoms with Gasteiger partial charge in [0.2, 0.25) is 5.91 Å². The fraction of sp³-hybridized carbons (Fsp3) is 0.308. The Morgan fingerprint density at radius 3 is 2.64 bits per heavy atom. The number of nitrogens with zero attached hydrogens (tertiary/aromatic N) is 3. The van der Waals surface area contributed by atoms with Crippen molar-refractivity contribution in [1.29, 1.82) is 0 Å². The lowest BCUT2D eigenvalue weighted by atomic mass is 10.2. The van der Waals surface area contributed by atoms with Crippen LogP contribution < -0.4 is 0 Å². The SMILES string of the molecule is CSc1nnc(SCC(=O)N(C)Cc2ccc(Cl)c(Cl)c2)s1. The molecule has 0 bridgehead atoms. The highest BCUT2D eigenvalue weighted by molar-refractivity contribution is 8.03. The molecule has 0 N–H and O–H groups in total. The van der Waals surface area contributed by atoms with Crippen molar-refractivity contribution in [3.63, 3.8) is 0 Å². The molecule has 0 fully saturated rings. The highest BCUT2D eigenvalue weighted by atomic mass is 35.5. The van der Waals surface area contributed by atoms with Crippen LogP contribution in [0.1, 0.15) is 5.56 Å². The summed E-state index contributed by atoms with van der Waals surface area (Å²) >= 11 is 16.3. The van der Waals surface area contributed by atoms with Crippen molar-refractivity contribution in [3.8, 4) is 0 Å². The minimum absolute atomic E-state index is 0.0250. The van der Waals surface area contributed by atoms with Crippen molar-refractivity contribution in [2.45, 2.75) is 15.2 Å². The first kappa shape index (κ1) is 17.9. The number of amides is 1. The number of halogens is 2. The summed E-state index contributed by atoms with van der Waals surface area (Å²) in [7, 11) is 1.76. The van der Waals surface area contributed by atoms with Crippen LogP contribution in [-0.4, -0.2) is 40.1 Å². The molecule has 1 amide bonds. The summed E-state index contributed by atoms with van der Waals surface area (Å²) in [5.41, 5.74) is 0.941. The molecular weight excluding hydrogens is 381 g/mol. The van der Waals surface area contributed by atoms with Crippen LogP contribution in [0.5, 0.6) is 0 Å². The molecule has 1 aromatic carbocycles. The lowest BCUT2D eigenvalue weighted by Crippen LogP contribution is -2.27. The standard InChI is InChI=1S/C13H13Cl2N3OS3/c1-18(6-8-3-4-9(14)10(15)5-8)11(19)7-21-13-17-16-12(20-2)22-13/h3-5H,6-7H2,1-2H3. The van der Waals surface area contributed by atoms with E-state index in [1.54, 1.807) is 35.8 Å². The van der Waals surface area contributed by atoms with Crippen LogP contribution in [0.15, 0.2) is 26.9 Å². The molecule has 2 aromatic rings. The Balaban J connectivity index is 1.87. The molecule has 0 aliphatic carbocycles. The van der Waals surface area contributed by atoms with Gasteiger partial charge in [0.15, 0.2) is 8.68 Å². The van der Waals surface area contributed by atoms with Crippen molar-refractivity contribution in [1.82, 2.24) is 15.1 Å². The number of carbonyl (C=O) groups excluding carboxylic acids is 1. The number of aromatic nitrogens is 2. The normalized spacial score (nSPS) is 10.7. The number of hydrogen-bond donors (Lipinski definition) is 0. The van der Waals surface area contributed by atoms with E-state index in [9.17, 15) is 4.79 Å². The van der Waals surface area contributed by atoms with E-state index in [-0.39, 0.29) is 5.91 Å². The van der Waals surface area contributed by atoms with Crippen molar-refractivity contribution < 1.29 is 4.79 Å². The average Bonchev–Trinajstić information content (AvgIpc) is 2.96. The van der Waals surface area contributed by atoms with Gasteiger partial charge in [0.1, 0.15) is 0 Å². The second-order valence-electron chi connectivity index (χ2n) is 4.32. The van der Waals surface area contributed by atoms with E-state index >= 15 is 0 Å². The second kappa shape index (κ2) is 8.40. The van der Waals surface area contributed by atoms with Crippen LogP contribution in [0, 0.1) is 0 Å². The first-order valence-electron chi connectivity index (χ1n) is 6.17. The largest absolute Gasteiger partial charge is 0.341 e. The Labute approximate surface area is 151 Å². The highest BCUT2D eigenvalue weighted by Gasteiger charge is 2.12. The third-order valence-corrected chi connectivity index (χ3v) is 6.47. The van der Waals surface area contributed by atoms with Crippen molar-refractivity contribution in [3.05, 3.63) is 33.8 Å². The molecule has 0 spiro atoms. The molecule has 4 nitrogen and oxygen atoms in total. The molecular formula is C13H13Cl2N3OS3. The van der Waals surface area contributed by atoms with E-state index in [2.05, 4.69) is 10.2 Å². The maximum Gasteiger partial charge on any atom is 0.233 e. The topological polar surface area (TPSA) is 46.1 Å². The van der Waals surface area contributed by atoms with Crippen LogP contribution in [0.25, 0.3) is 0 Å². The molecule has 0 unspecified atom stereocenters. The Hall–Kier alpha value is -0.470.